The standard InChI is InChI=1S/C14H9N3O4/c18-14(19)9-5-6-12(17(20)21)13(7-9)16-11-4-2-1-3-10(11)8-15-16/h1-8H,(H,18,19). The molecule has 0 spiro atoms. The van der Waals surface area contributed by atoms with E-state index in [0.29, 0.717) is 5.52 Å². The second kappa shape index (κ2) is 4.71. The van der Waals surface area contributed by atoms with E-state index >= 15 is 0 Å². The van der Waals surface area contributed by atoms with Gasteiger partial charge in [0.25, 0.3) is 5.69 Å². The number of fused-ring (bicyclic) bond motifs is 1. The Bertz CT molecular complexity index is 870. The van der Waals surface area contributed by atoms with Crippen molar-refractivity contribution in [2.75, 3.05) is 0 Å². The highest BCUT2D eigenvalue weighted by atomic mass is 16.6. The Kier molecular flexibility index (Phi) is 2.87. The zero-order chi connectivity index (χ0) is 15.0. The van der Waals surface area contributed by atoms with Crippen molar-refractivity contribution in [3.63, 3.8) is 0 Å². The molecule has 0 fully saturated rings. The van der Waals surface area contributed by atoms with Gasteiger partial charge in [0.2, 0.25) is 0 Å². The smallest absolute Gasteiger partial charge is 0.335 e. The van der Waals surface area contributed by atoms with Crippen molar-refractivity contribution in [1.29, 1.82) is 0 Å². The Morgan fingerprint density at radius 1 is 1.24 bits per heavy atom. The number of carboxylic acid groups (broad SMARTS) is 1. The maximum absolute atomic E-state index is 11.2. The molecule has 7 heteroatoms. The van der Waals surface area contributed by atoms with Crippen LogP contribution < -0.4 is 0 Å². The minimum absolute atomic E-state index is 0.0322. The molecule has 104 valence electrons. The summed E-state index contributed by atoms with van der Waals surface area (Å²) in [6.45, 7) is 0. The van der Waals surface area contributed by atoms with E-state index in [1.807, 2.05) is 12.1 Å². The zero-order valence-electron chi connectivity index (χ0n) is 10.6. The SMILES string of the molecule is O=C(O)c1ccc([N+](=O)[O-])c(-n2ncc3ccccc32)c1. The number of nitro benzene ring substituents is 1. The summed E-state index contributed by atoms with van der Waals surface area (Å²) in [6.07, 6.45) is 1.58. The average Bonchev–Trinajstić information content (AvgIpc) is 2.90. The number of nitrogens with zero attached hydrogens (tertiary/aromatic N) is 3. The van der Waals surface area contributed by atoms with Gasteiger partial charge in [-0.3, -0.25) is 10.1 Å². The van der Waals surface area contributed by atoms with Crippen LogP contribution in [-0.4, -0.2) is 25.8 Å². The number of benzene rings is 2. The molecule has 7 nitrogen and oxygen atoms in total. The molecule has 1 aromatic heterocycles. The van der Waals surface area contributed by atoms with Crippen LogP contribution in [0.1, 0.15) is 10.4 Å². The van der Waals surface area contributed by atoms with Gasteiger partial charge in [0.1, 0.15) is 5.69 Å². The highest BCUT2D eigenvalue weighted by molar-refractivity contribution is 5.90. The van der Waals surface area contributed by atoms with E-state index in [1.54, 1.807) is 18.3 Å². The summed E-state index contributed by atoms with van der Waals surface area (Å²) >= 11 is 0. The largest absolute Gasteiger partial charge is 0.478 e. The molecule has 3 aromatic rings. The molecular formula is C14H9N3O4. The molecule has 0 radical (unpaired) electrons. The fourth-order valence-electron chi connectivity index (χ4n) is 2.14. The zero-order valence-corrected chi connectivity index (χ0v) is 10.6. The van der Waals surface area contributed by atoms with Crippen LogP contribution in [0.25, 0.3) is 16.6 Å². The minimum Gasteiger partial charge on any atom is -0.478 e. The van der Waals surface area contributed by atoms with Gasteiger partial charge in [-0.25, -0.2) is 9.48 Å². The van der Waals surface area contributed by atoms with E-state index < -0.39 is 10.9 Å². The number of hydrogen-bond donors (Lipinski definition) is 1. The van der Waals surface area contributed by atoms with E-state index in [4.69, 9.17) is 5.11 Å². The Morgan fingerprint density at radius 2 is 2.00 bits per heavy atom. The number of nitro groups is 1. The lowest BCUT2D eigenvalue weighted by Crippen LogP contribution is -2.05. The van der Waals surface area contributed by atoms with E-state index in [2.05, 4.69) is 5.10 Å². The molecule has 0 aliphatic rings. The summed E-state index contributed by atoms with van der Waals surface area (Å²) in [5, 5.41) is 25.1. The molecule has 21 heavy (non-hydrogen) atoms. The summed E-state index contributed by atoms with van der Waals surface area (Å²) in [5.41, 5.74) is 0.563. The number of rotatable bonds is 3. The Hall–Kier alpha value is -3.22. The molecule has 0 unspecified atom stereocenters. The maximum atomic E-state index is 11.2. The lowest BCUT2D eigenvalue weighted by atomic mass is 10.1. The van der Waals surface area contributed by atoms with Gasteiger partial charge in [0.05, 0.1) is 22.2 Å². The molecule has 1 N–H and O–H groups in total. The Morgan fingerprint density at radius 3 is 2.71 bits per heavy atom. The first-order valence-corrected chi connectivity index (χ1v) is 6.03. The lowest BCUT2D eigenvalue weighted by molar-refractivity contribution is -0.384. The topological polar surface area (TPSA) is 98.3 Å². The molecule has 0 saturated heterocycles. The second-order valence-corrected chi connectivity index (χ2v) is 4.38. The number of hydrogen-bond acceptors (Lipinski definition) is 4. The quantitative estimate of drug-likeness (QED) is 0.588. The van der Waals surface area contributed by atoms with Crippen molar-refractivity contribution in [2.24, 2.45) is 0 Å². The third-order valence-electron chi connectivity index (χ3n) is 3.12. The molecule has 3 rings (SSSR count). The van der Waals surface area contributed by atoms with Crippen LogP contribution in [0.5, 0.6) is 0 Å². The van der Waals surface area contributed by atoms with E-state index in [1.165, 1.54) is 22.9 Å². The number of aromatic carboxylic acids is 1. The molecule has 0 bridgehead atoms. The van der Waals surface area contributed by atoms with Gasteiger partial charge < -0.3 is 5.11 Å². The maximum Gasteiger partial charge on any atom is 0.335 e. The number of para-hydroxylation sites is 1. The van der Waals surface area contributed by atoms with Crippen molar-refractivity contribution < 1.29 is 14.8 Å². The van der Waals surface area contributed by atoms with Gasteiger partial charge in [0.15, 0.2) is 0 Å². The predicted octanol–water partition coefficient (Wildman–Crippen LogP) is 2.63. The fraction of sp³-hybridized carbons (Fsp3) is 0. The third-order valence-corrected chi connectivity index (χ3v) is 3.12. The Balaban J connectivity index is 2.31. The van der Waals surface area contributed by atoms with Crippen molar-refractivity contribution in [3.05, 3.63) is 64.3 Å². The monoisotopic (exact) mass is 283 g/mol. The summed E-state index contributed by atoms with van der Waals surface area (Å²) < 4.78 is 1.37. The van der Waals surface area contributed by atoms with Gasteiger partial charge in [-0.1, -0.05) is 18.2 Å². The predicted molar refractivity (Wildman–Crippen MR) is 74.7 cm³/mol. The van der Waals surface area contributed by atoms with Crippen molar-refractivity contribution in [3.8, 4) is 5.69 Å². The van der Waals surface area contributed by atoms with Crippen LogP contribution in [-0.2, 0) is 0 Å². The van der Waals surface area contributed by atoms with E-state index in [-0.39, 0.29) is 16.9 Å². The highest BCUT2D eigenvalue weighted by Gasteiger charge is 2.20. The number of carboxylic acids is 1. The fourth-order valence-corrected chi connectivity index (χ4v) is 2.14. The molecule has 0 aliphatic carbocycles. The van der Waals surface area contributed by atoms with Crippen LogP contribution in [0.4, 0.5) is 5.69 Å². The van der Waals surface area contributed by atoms with Gasteiger partial charge in [0, 0.05) is 11.5 Å². The molecule has 2 aromatic carbocycles. The molecule has 0 saturated carbocycles. The number of carbonyl (C=O) groups is 1. The van der Waals surface area contributed by atoms with Crippen LogP contribution in [0.3, 0.4) is 0 Å². The van der Waals surface area contributed by atoms with Crippen molar-refractivity contribution >= 4 is 22.6 Å². The summed E-state index contributed by atoms with van der Waals surface area (Å²) in [4.78, 5) is 21.7. The highest BCUT2D eigenvalue weighted by Crippen LogP contribution is 2.27. The lowest BCUT2D eigenvalue weighted by Gasteiger charge is -2.06. The van der Waals surface area contributed by atoms with E-state index in [0.717, 1.165) is 5.39 Å². The second-order valence-electron chi connectivity index (χ2n) is 4.38. The molecule has 1 heterocycles. The van der Waals surface area contributed by atoms with Gasteiger partial charge in [-0.05, 0) is 18.2 Å². The Labute approximate surface area is 118 Å². The molecular weight excluding hydrogens is 274 g/mol. The number of aromatic nitrogens is 2. The molecule has 0 aliphatic heterocycles. The van der Waals surface area contributed by atoms with Gasteiger partial charge >= 0.3 is 5.97 Å². The van der Waals surface area contributed by atoms with E-state index in [9.17, 15) is 14.9 Å². The van der Waals surface area contributed by atoms with Crippen molar-refractivity contribution in [1.82, 2.24) is 9.78 Å². The van der Waals surface area contributed by atoms with Crippen LogP contribution in [0, 0.1) is 10.1 Å². The van der Waals surface area contributed by atoms with Crippen LogP contribution in [0.2, 0.25) is 0 Å². The van der Waals surface area contributed by atoms with Gasteiger partial charge in [-0.15, -0.1) is 0 Å². The van der Waals surface area contributed by atoms with Crippen LogP contribution in [0.15, 0.2) is 48.7 Å². The van der Waals surface area contributed by atoms with Gasteiger partial charge in [-0.2, -0.15) is 5.10 Å². The first-order chi connectivity index (χ1) is 10.1. The van der Waals surface area contributed by atoms with Crippen molar-refractivity contribution in [2.45, 2.75) is 0 Å². The first kappa shape index (κ1) is 12.8. The summed E-state index contributed by atoms with van der Waals surface area (Å²) in [5.74, 6) is -1.15. The first-order valence-electron chi connectivity index (χ1n) is 6.03. The summed E-state index contributed by atoms with van der Waals surface area (Å²) in [7, 11) is 0. The normalized spacial score (nSPS) is 10.7. The average molecular weight is 283 g/mol. The minimum atomic E-state index is -1.15. The summed E-state index contributed by atoms with van der Waals surface area (Å²) in [6, 6.07) is 10.8. The third kappa shape index (κ3) is 2.10. The molecule has 0 atom stereocenters. The molecule has 0 amide bonds. The van der Waals surface area contributed by atoms with Crippen LogP contribution >= 0.6 is 0 Å².